The molecule has 1 aromatic carbocycles. The second-order valence-corrected chi connectivity index (χ2v) is 7.22. The summed E-state index contributed by atoms with van der Waals surface area (Å²) in [6.45, 7) is 1.94. The number of pyridine rings is 1. The van der Waals surface area contributed by atoms with Crippen LogP contribution in [-0.2, 0) is 13.6 Å². The average Bonchev–Trinajstić information content (AvgIpc) is 2.99. The van der Waals surface area contributed by atoms with E-state index < -0.39 is 0 Å². The number of aromatic nitrogens is 3. The Morgan fingerprint density at radius 3 is 2.61 bits per heavy atom. The summed E-state index contributed by atoms with van der Waals surface area (Å²) < 4.78 is 3.38. The van der Waals surface area contributed by atoms with E-state index in [4.69, 9.17) is 5.26 Å². The molecule has 3 heterocycles. The van der Waals surface area contributed by atoms with Crippen LogP contribution < -0.4 is 5.69 Å². The van der Waals surface area contributed by atoms with Crippen LogP contribution in [0.15, 0.2) is 47.4 Å². The largest absolute Gasteiger partial charge is 0.339 e. The van der Waals surface area contributed by atoms with Crippen LogP contribution >= 0.6 is 0 Å². The third-order valence-electron chi connectivity index (χ3n) is 5.50. The Hall–Kier alpha value is -3.40. The minimum Gasteiger partial charge on any atom is -0.339 e. The van der Waals surface area contributed by atoms with Gasteiger partial charge in [0.1, 0.15) is 0 Å². The number of hydrogen-bond donors (Lipinski definition) is 0. The van der Waals surface area contributed by atoms with Crippen LogP contribution in [0.3, 0.4) is 0 Å². The number of imidazole rings is 1. The molecule has 0 radical (unpaired) electrons. The van der Waals surface area contributed by atoms with Gasteiger partial charge in [0.05, 0.1) is 17.1 Å². The highest BCUT2D eigenvalue weighted by molar-refractivity contribution is 5.94. The van der Waals surface area contributed by atoms with Crippen molar-refractivity contribution in [1.29, 1.82) is 5.26 Å². The number of hydrogen-bond acceptors (Lipinski definition) is 4. The normalized spacial score (nSPS) is 14.9. The van der Waals surface area contributed by atoms with Gasteiger partial charge in [0.15, 0.2) is 5.65 Å². The first-order valence-corrected chi connectivity index (χ1v) is 9.38. The molecule has 7 heteroatoms. The maximum Gasteiger partial charge on any atom is 0.330 e. The quantitative estimate of drug-likeness (QED) is 0.702. The van der Waals surface area contributed by atoms with Gasteiger partial charge in [0, 0.05) is 38.4 Å². The number of benzene rings is 1. The van der Waals surface area contributed by atoms with Crippen molar-refractivity contribution >= 4 is 17.1 Å². The van der Waals surface area contributed by atoms with Crippen molar-refractivity contribution in [3.63, 3.8) is 0 Å². The van der Waals surface area contributed by atoms with Crippen molar-refractivity contribution < 1.29 is 4.79 Å². The Labute approximate surface area is 162 Å². The van der Waals surface area contributed by atoms with E-state index in [0.29, 0.717) is 42.3 Å². The van der Waals surface area contributed by atoms with Crippen LogP contribution in [0.2, 0.25) is 0 Å². The molecule has 0 bridgehead atoms. The molecule has 1 aliphatic rings. The van der Waals surface area contributed by atoms with E-state index in [2.05, 4.69) is 11.1 Å². The number of amides is 1. The summed E-state index contributed by atoms with van der Waals surface area (Å²) >= 11 is 0. The number of nitrogens with zero attached hydrogens (tertiary/aromatic N) is 5. The fourth-order valence-corrected chi connectivity index (χ4v) is 3.84. The number of carbonyl (C=O) groups is 1. The molecule has 4 rings (SSSR count). The first-order chi connectivity index (χ1) is 13.6. The van der Waals surface area contributed by atoms with Gasteiger partial charge in [0.2, 0.25) is 0 Å². The summed E-state index contributed by atoms with van der Waals surface area (Å²) in [6, 6.07) is 12.5. The predicted octanol–water partition coefficient (Wildman–Crippen LogP) is 2.16. The first kappa shape index (κ1) is 18.0. The Morgan fingerprint density at radius 2 is 1.93 bits per heavy atom. The lowest BCUT2D eigenvalue weighted by atomic mass is 9.96. The van der Waals surface area contributed by atoms with E-state index in [-0.39, 0.29) is 11.6 Å². The summed E-state index contributed by atoms with van der Waals surface area (Å²) in [5, 5.41) is 8.88. The van der Waals surface area contributed by atoms with Crippen LogP contribution in [-0.4, -0.2) is 38.0 Å². The van der Waals surface area contributed by atoms with Crippen LogP contribution in [0, 0.1) is 17.2 Å². The Morgan fingerprint density at radius 1 is 1.21 bits per heavy atom. The van der Waals surface area contributed by atoms with Crippen molar-refractivity contribution in [2.75, 3.05) is 13.1 Å². The lowest BCUT2D eigenvalue weighted by Gasteiger charge is -2.32. The van der Waals surface area contributed by atoms with Crippen molar-refractivity contribution in [1.82, 2.24) is 19.0 Å². The summed E-state index contributed by atoms with van der Waals surface area (Å²) in [4.78, 5) is 31.5. The van der Waals surface area contributed by atoms with E-state index in [1.165, 1.54) is 0 Å². The van der Waals surface area contributed by atoms with Crippen molar-refractivity contribution in [3.05, 3.63) is 64.2 Å². The smallest absolute Gasteiger partial charge is 0.330 e. The summed E-state index contributed by atoms with van der Waals surface area (Å²) in [5.41, 5.74) is 2.65. The summed E-state index contributed by atoms with van der Waals surface area (Å²) in [5.74, 6) is 0.322. The molecular formula is C21H21N5O2. The Balaban J connectivity index is 1.44. The van der Waals surface area contributed by atoms with Gasteiger partial charge in [-0.05, 0) is 55.2 Å². The molecule has 0 aliphatic carbocycles. The SMILES string of the molecule is Cn1c(=O)n(CC2CCN(C(=O)c3ccc(C#N)cc3)CC2)c2ncccc21. The topological polar surface area (TPSA) is 83.9 Å². The number of aryl methyl sites for hydroxylation is 1. The fraction of sp³-hybridized carbons (Fsp3) is 0.333. The maximum atomic E-state index is 12.7. The molecule has 1 aliphatic heterocycles. The van der Waals surface area contributed by atoms with Crippen molar-refractivity contribution in [2.45, 2.75) is 19.4 Å². The highest BCUT2D eigenvalue weighted by Gasteiger charge is 2.25. The number of piperidine rings is 1. The standard InChI is InChI=1S/C21H21N5O2/c1-24-18-3-2-10-23-19(18)26(21(24)28)14-16-8-11-25(12-9-16)20(27)17-6-4-15(13-22)5-7-17/h2-7,10,16H,8-9,11-12,14H2,1H3. The van der Waals surface area contributed by atoms with Crippen LogP contribution in [0.25, 0.3) is 11.2 Å². The van der Waals surface area contributed by atoms with E-state index in [1.54, 1.807) is 46.6 Å². The minimum atomic E-state index is -0.0511. The second-order valence-electron chi connectivity index (χ2n) is 7.22. The van der Waals surface area contributed by atoms with Gasteiger partial charge >= 0.3 is 5.69 Å². The zero-order valence-corrected chi connectivity index (χ0v) is 15.7. The highest BCUT2D eigenvalue weighted by atomic mass is 16.2. The van der Waals surface area contributed by atoms with Crippen molar-refractivity contribution in [2.24, 2.45) is 13.0 Å². The number of fused-ring (bicyclic) bond motifs is 1. The van der Waals surface area contributed by atoms with E-state index >= 15 is 0 Å². The Bertz CT molecular complexity index is 1110. The maximum absolute atomic E-state index is 12.7. The summed E-state index contributed by atoms with van der Waals surface area (Å²) in [7, 11) is 1.77. The molecule has 0 N–H and O–H groups in total. The third-order valence-corrected chi connectivity index (χ3v) is 5.50. The second kappa shape index (κ2) is 7.31. The monoisotopic (exact) mass is 375 g/mol. The molecule has 142 valence electrons. The lowest BCUT2D eigenvalue weighted by molar-refractivity contribution is 0.0683. The molecule has 0 unspecified atom stereocenters. The number of carbonyl (C=O) groups excluding carboxylic acids is 1. The minimum absolute atomic E-state index is 0.00747. The molecule has 3 aromatic rings. The molecule has 1 fully saturated rings. The van der Waals surface area contributed by atoms with Gasteiger partial charge in [-0.3, -0.25) is 13.9 Å². The van der Waals surface area contributed by atoms with Gasteiger partial charge < -0.3 is 4.90 Å². The van der Waals surface area contributed by atoms with E-state index in [1.807, 2.05) is 17.0 Å². The van der Waals surface area contributed by atoms with E-state index in [9.17, 15) is 9.59 Å². The highest BCUT2D eigenvalue weighted by Crippen LogP contribution is 2.22. The fourth-order valence-electron chi connectivity index (χ4n) is 3.84. The van der Waals surface area contributed by atoms with Gasteiger partial charge in [-0.15, -0.1) is 0 Å². The van der Waals surface area contributed by atoms with Crippen LogP contribution in [0.1, 0.15) is 28.8 Å². The Kier molecular flexibility index (Phi) is 4.70. The van der Waals surface area contributed by atoms with Crippen molar-refractivity contribution in [3.8, 4) is 6.07 Å². The third kappa shape index (κ3) is 3.18. The first-order valence-electron chi connectivity index (χ1n) is 9.38. The molecule has 1 saturated heterocycles. The summed E-state index contributed by atoms with van der Waals surface area (Å²) in [6.07, 6.45) is 3.40. The van der Waals surface area contributed by atoms with Gasteiger partial charge in [0.25, 0.3) is 5.91 Å². The molecule has 0 spiro atoms. The van der Waals surface area contributed by atoms with Gasteiger partial charge in [-0.2, -0.15) is 5.26 Å². The molecule has 2 aromatic heterocycles. The molecule has 7 nitrogen and oxygen atoms in total. The van der Waals surface area contributed by atoms with E-state index in [0.717, 1.165) is 18.4 Å². The molecule has 0 saturated carbocycles. The molecule has 1 amide bonds. The lowest BCUT2D eigenvalue weighted by Crippen LogP contribution is -2.40. The number of likely N-dealkylation sites (tertiary alicyclic amines) is 1. The zero-order chi connectivity index (χ0) is 19.7. The van der Waals surface area contributed by atoms with Crippen LogP contribution in [0.5, 0.6) is 0 Å². The molecule has 28 heavy (non-hydrogen) atoms. The van der Waals surface area contributed by atoms with Gasteiger partial charge in [-0.25, -0.2) is 9.78 Å². The average molecular weight is 375 g/mol. The molecular weight excluding hydrogens is 354 g/mol. The van der Waals surface area contributed by atoms with Gasteiger partial charge in [-0.1, -0.05) is 0 Å². The molecule has 0 atom stereocenters. The van der Waals surface area contributed by atoms with Crippen LogP contribution in [0.4, 0.5) is 0 Å². The number of rotatable bonds is 3. The number of nitriles is 1. The zero-order valence-electron chi connectivity index (χ0n) is 15.7. The predicted molar refractivity (Wildman–Crippen MR) is 105 cm³/mol.